The maximum absolute atomic E-state index is 12.3. The molecule has 2 aromatic rings. The van der Waals surface area contributed by atoms with E-state index in [9.17, 15) is 4.79 Å². The number of nitrogens with one attached hydrogen (secondary N) is 2. The molecular formula is C18H24N4OS. The van der Waals surface area contributed by atoms with Gasteiger partial charge in [0.1, 0.15) is 0 Å². The number of likely N-dealkylation sites (tertiary alicyclic amines) is 1. The maximum Gasteiger partial charge on any atom is 0.323 e. The number of carbonyl (C=O) groups is 1. The van der Waals surface area contributed by atoms with E-state index < -0.39 is 0 Å². The molecule has 6 heteroatoms. The number of carbonyl (C=O) groups excluding carboxylic acids is 1. The molecule has 1 aliphatic heterocycles. The Kier molecular flexibility index (Phi) is 5.69. The van der Waals surface area contributed by atoms with Crippen LogP contribution in [0.2, 0.25) is 0 Å². The van der Waals surface area contributed by atoms with E-state index in [2.05, 4.69) is 27.8 Å². The van der Waals surface area contributed by atoms with Gasteiger partial charge in [0, 0.05) is 30.7 Å². The average molecular weight is 344 g/mol. The number of amides is 2. The lowest BCUT2D eigenvalue weighted by Gasteiger charge is -2.31. The van der Waals surface area contributed by atoms with Gasteiger partial charge in [-0.3, -0.25) is 5.32 Å². The maximum atomic E-state index is 12.3. The quantitative estimate of drug-likeness (QED) is 0.855. The highest BCUT2D eigenvalue weighted by atomic mass is 32.1. The predicted molar refractivity (Wildman–Crippen MR) is 99.7 cm³/mol. The second-order valence-corrected chi connectivity index (χ2v) is 7.09. The van der Waals surface area contributed by atoms with Crippen LogP contribution in [0, 0.1) is 12.8 Å². The normalized spacial score (nSPS) is 15.3. The summed E-state index contributed by atoms with van der Waals surface area (Å²) in [4.78, 5) is 18.4. The molecule has 0 aliphatic carbocycles. The molecule has 1 aromatic carbocycles. The van der Waals surface area contributed by atoms with E-state index in [4.69, 9.17) is 0 Å². The fourth-order valence-corrected chi connectivity index (χ4v) is 3.66. The van der Waals surface area contributed by atoms with Gasteiger partial charge in [-0.1, -0.05) is 18.2 Å². The second-order valence-electron chi connectivity index (χ2n) is 6.24. The van der Waals surface area contributed by atoms with Crippen LogP contribution in [0.3, 0.4) is 0 Å². The van der Waals surface area contributed by atoms with Crippen LogP contribution in [0.5, 0.6) is 0 Å². The molecule has 128 valence electrons. The first-order valence-electron chi connectivity index (χ1n) is 8.47. The first kappa shape index (κ1) is 16.8. The minimum atomic E-state index is -0.0230. The molecule has 1 fully saturated rings. The molecule has 0 bridgehead atoms. The molecule has 2 heterocycles. The largest absolute Gasteiger partial charge is 0.385 e. The van der Waals surface area contributed by atoms with Crippen molar-refractivity contribution < 1.29 is 4.79 Å². The number of nitrogens with zero attached hydrogens (tertiary/aromatic N) is 2. The van der Waals surface area contributed by atoms with Crippen molar-refractivity contribution in [3.63, 3.8) is 0 Å². The molecule has 1 saturated heterocycles. The zero-order valence-corrected chi connectivity index (χ0v) is 14.8. The lowest BCUT2D eigenvalue weighted by atomic mass is 9.93. The SMILES string of the molecule is Cc1csc(NC(=O)N2CCC(CCNc3ccccc3)CC2)n1. The van der Waals surface area contributed by atoms with Crippen molar-refractivity contribution in [2.45, 2.75) is 26.2 Å². The third-order valence-corrected chi connectivity index (χ3v) is 5.27. The smallest absolute Gasteiger partial charge is 0.323 e. The minimum absolute atomic E-state index is 0.0230. The molecule has 1 aromatic heterocycles. The molecule has 5 nitrogen and oxygen atoms in total. The van der Waals surface area contributed by atoms with Crippen LogP contribution in [0.4, 0.5) is 15.6 Å². The Morgan fingerprint density at radius 1 is 1.29 bits per heavy atom. The topological polar surface area (TPSA) is 57.3 Å². The van der Waals surface area contributed by atoms with Gasteiger partial charge < -0.3 is 10.2 Å². The summed E-state index contributed by atoms with van der Waals surface area (Å²) in [5, 5.41) is 8.99. The Hall–Kier alpha value is -2.08. The fourth-order valence-electron chi connectivity index (χ4n) is 2.98. The van der Waals surface area contributed by atoms with Gasteiger partial charge >= 0.3 is 6.03 Å². The van der Waals surface area contributed by atoms with Gasteiger partial charge in [-0.2, -0.15) is 0 Å². The summed E-state index contributed by atoms with van der Waals surface area (Å²) in [6, 6.07) is 10.3. The van der Waals surface area contributed by atoms with Crippen LogP contribution in [-0.2, 0) is 0 Å². The highest BCUT2D eigenvalue weighted by molar-refractivity contribution is 7.13. The fraction of sp³-hybridized carbons (Fsp3) is 0.444. The van der Waals surface area contributed by atoms with Crippen molar-refractivity contribution in [1.82, 2.24) is 9.88 Å². The number of rotatable bonds is 5. The number of aromatic nitrogens is 1. The first-order chi connectivity index (χ1) is 11.7. The Morgan fingerprint density at radius 2 is 2.04 bits per heavy atom. The molecule has 2 N–H and O–H groups in total. The molecule has 0 unspecified atom stereocenters. The van der Waals surface area contributed by atoms with E-state index in [1.165, 1.54) is 17.0 Å². The van der Waals surface area contributed by atoms with Gasteiger partial charge in [0.2, 0.25) is 0 Å². The summed E-state index contributed by atoms with van der Waals surface area (Å²) in [7, 11) is 0. The van der Waals surface area contributed by atoms with Gasteiger partial charge in [0.05, 0.1) is 5.69 Å². The Balaban J connectivity index is 1.37. The number of benzene rings is 1. The number of hydrogen-bond acceptors (Lipinski definition) is 4. The van der Waals surface area contributed by atoms with Crippen LogP contribution >= 0.6 is 11.3 Å². The highest BCUT2D eigenvalue weighted by Crippen LogP contribution is 2.22. The Bertz CT molecular complexity index is 650. The van der Waals surface area contributed by atoms with Gasteiger partial charge in [-0.05, 0) is 44.2 Å². The zero-order chi connectivity index (χ0) is 16.8. The zero-order valence-electron chi connectivity index (χ0n) is 14.0. The first-order valence-corrected chi connectivity index (χ1v) is 9.35. The van der Waals surface area contributed by atoms with Crippen LogP contribution in [0.15, 0.2) is 35.7 Å². The summed E-state index contributed by atoms with van der Waals surface area (Å²) in [6.07, 6.45) is 3.29. The summed E-state index contributed by atoms with van der Waals surface area (Å²) in [5.74, 6) is 0.687. The van der Waals surface area contributed by atoms with Crippen LogP contribution in [0.1, 0.15) is 25.0 Å². The molecule has 3 rings (SSSR count). The summed E-state index contributed by atoms with van der Waals surface area (Å²) < 4.78 is 0. The molecule has 0 radical (unpaired) electrons. The van der Waals surface area contributed by atoms with E-state index >= 15 is 0 Å². The Labute approximate surface area is 147 Å². The molecular weight excluding hydrogens is 320 g/mol. The van der Waals surface area contributed by atoms with Crippen molar-refractivity contribution in [2.75, 3.05) is 30.3 Å². The molecule has 24 heavy (non-hydrogen) atoms. The second kappa shape index (κ2) is 8.15. The van der Waals surface area contributed by atoms with E-state index in [0.717, 1.165) is 44.6 Å². The summed E-state index contributed by atoms with van der Waals surface area (Å²) in [6.45, 7) is 4.57. The van der Waals surface area contributed by atoms with Gasteiger partial charge in [-0.15, -0.1) is 11.3 Å². The van der Waals surface area contributed by atoms with E-state index in [1.807, 2.05) is 35.4 Å². The summed E-state index contributed by atoms with van der Waals surface area (Å²) in [5.41, 5.74) is 2.12. The number of piperidine rings is 1. The number of para-hydroxylation sites is 1. The predicted octanol–water partition coefficient (Wildman–Crippen LogP) is 4.20. The molecule has 1 aliphatic rings. The standard InChI is InChI=1S/C18H24N4OS/c1-14-13-24-17(20-14)21-18(23)22-11-8-15(9-12-22)7-10-19-16-5-3-2-4-6-16/h2-6,13,15,19H,7-12H2,1H3,(H,20,21,23). The lowest BCUT2D eigenvalue weighted by Crippen LogP contribution is -2.41. The summed E-state index contributed by atoms with van der Waals surface area (Å²) >= 11 is 1.47. The monoisotopic (exact) mass is 344 g/mol. The molecule has 2 amide bonds. The number of anilines is 2. The number of thiazole rings is 1. The Morgan fingerprint density at radius 3 is 2.71 bits per heavy atom. The average Bonchev–Trinajstić information content (AvgIpc) is 3.01. The van der Waals surface area contributed by atoms with Crippen LogP contribution in [0.25, 0.3) is 0 Å². The number of hydrogen-bond donors (Lipinski definition) is 2. The van der Waals surface area contributed by atoms with E-state index in [-0.39, 0.29) is 6.03 Å². The van der Waals surface area contributed by atoms with Gasteiger partial charge in [0.25, 0.3) is 0 Å². The van der Waals surface area contributed by atoms with E-state index in [1.54, 1.807) is 0 Å². The molecule has 0 spiro atoms. The lowest BCUT2D eigenvalue weighted by molar-refractivity contribution is 0.181. The van der Waals surface area contributed by atoms with Crippen LogP contribution in [-0.4, -0.2) is 35.5 Å². The highest BCUT2D eigenvalue weighted by Gasteiger charge is 2.23. The third-order valence-electron chi connectivity index (χ3n) is 4.39. The third kappa shape index (κ3) is 4.71. The molecule has 0 saturated carbocycles. The van der Waals surface area contributed by atoms with Crippen LogP contribution < -0.4 is 10.6 Å². The number of urea groups is 1. The van der Waals surface area contributed by atoms with Crippen molar-refractivity contribution in [2.24, 2.45) is 5.92 Å². The minimum Gasteiger partial charge on any atom is -0.385 e. The van der Waals surface area contributed by atoms with E-state index in [0.29, 0.717) is 11.0 Å². The van der Waals surface area contributed by atoms with Crippen molar-refractivity contribution in [1.29, 1.82) is 0 Å². The molecule has 0 atom stereocenters. The van der Waals surface area contributed by atoms with Crippen molar-refractivity contribution in [3.8, 4) is 0 Å². The number of aryl methyl sites for hydroxylation is 1. The van der Waals surface area contributed by atoms with Gasteiger partial charge in [-0.25, -0.2) is 9.78 Å². The van der Waals surface area contributed by atoms with Gasteiger partial charge in [0.15, 0.2) is 5.13 Å². The van der Waals surface area contributed by atoms with Crippen molar-refractivity contribution >= 4 is 28.2 Å². The van der Waals surface area contributed by atoms with Crippen molar-refractivity contribution in [3.05, 3.63) is 41.4 Å².